The highest BCUT2D eigenvalue weighted by molar-refractivity contribution is 7.13. The molecule has 3 aromatic rings. The predicted octanol–water partition coefficient (Wildman–Crippen LogP) is 0.397. The Morgan fingerprint density at radius 1 is 1.21 bits per heavy atom. The Bertz CT molecular complexity index is 996. The minimum absolute atomic E-state index is 0.0596. The first kappa shape index (κ1) is 18.9. The molecule has 0 atom stereocenters. The van der Waals surface area contributed by atoms with Crippen LogP contribution in [-0.2, 0) is 16.0 Å². The molecule has 29 heavy (non-hydrogen) atoms. The van der Waals surface area contributed by atoms with E-state index >= 15 is 0 Å². The van der Waals surface area contributed by atoms with E-state index in [2.05, 4.69) is 35.3 Å². The van der Waals surface area contributed by atoms with Crippen LogP contribution in [0.3, 0.4) is 0 Å². The minimum atomic E-state index is -0.447. The van der Waals surface area contributed by atoms with E-state index in [0.717, 1.165) is 5.82 Å². The van der Waals surface area contributed by atoms with Crippen LogP contribution in [0.5, 0.6) is 0 Å². The summed E-state index contributed by atoms with van der Waals surface area (Å²) in [5.41, 5.74) is 5.74. The van der Waals surface area contributed by atoms with Crippen molar-refractivity contribution in [3.8, 4) is 5.82 Å². The molecule has 1 aliphatic heterocycles. The Labute approximate surface area is 170 Å². The summed E-state index contributed by atoms with van der Waals surface area (Å²) in [5.74, 6) is 0.822. The summed E-state index contributed by atoms with van der Waals surface area (Å²) in [6.45, 7) is 1.41. The molecule has 2 amide bonds. The summed E-state index contributed by atoms with van der Waals surface area (Å²) in [5, 5.41) is 9.13. The van der Waals surface area contributed by atoms with Crippen molar-refractivity contribution >= 4 is 34.1 Å². The molecule has 3 N–H and O–H groups in total. The number of primary amides is 1. The lowest BCUT2D eigenvalue weighted by molar-refractivity contribution is -0.120. The molecular formula is C17H19N9O2S. The maximum Gasteiger partial charge on any atom is 0.229 e. The first-order valence-corrected chi connectivity index (χ1v) is 9.92. The number of aromatic nitrogens is 6. The summed E-state index contributed by atoms with van der Waals surface area (Å²) < 4.78 is 1.58. The number of carbonyl (C=O) groups excluding carboxylic acids is 2. The predicted molar refractivity (Wildman–Crippen MR) is 106 cm³/mol. The summed E-state index contributed by atoms with van der Waals surface area (Å²) in [4.78, 5) is 42.3. The molecule has 0 radical (unpaired) electrons. The number of rotatable bonds is 6. The molecule has 1 aliphatic rings. The third-order valence-electron chi connectivity index (χ3n) is 4.62. The van der Waals surface area contributed by atoms with E-state index in [9.17, 15) is 9.59 Å². The molecule has 12 heteroatoms. The number of thiazole rings is 1. The number of nitrogens with one attached hydrogen (secondary N) is 1. The molecule has 150 valence electrons. The second-order valence-corrected chi connectivity index (χ2v) is 7.47. The van der Waals surface area contributed by atoms with Gasteiger partial charge < -0.3 is 16.0 Å². The van der Waals surface area contributed by atoms with Gasteiger partial charge in [-0.05, 0) is 12.8 Å². The van der Waals surface area contributed by atoms with E-state index < -0.39 is 5.91 Å². The number of carbonyl (C=O) groups is 2. The van der Waals surface area contributed by atoms with E-state index in [-0.39, 0.29) is 18.2 Å². The molecule has 0 saturated carbocycles. The fourth-order valence-corrected chi connectivity index (χ4v) is 3.88. The molecule has 1 fully saturated rings. The second kappa shape index (κ2) is 8.31. The van der Waals surface area contributed by atoms with Gasteiger partial charge in [-0.15, -0.1) is 11.3 Å². The van der Waals surface area contributed by atoms with Gasteiger partial charge in [0.2, 0.25) is 11.8 Å². The van der Waals surface area contributed by atoms with Crippen LogP contribution in [0.2, 0.25) is 0 Å². The van der Waals surface area contributed by atoms with Crippen molar-refractivity contribution in [2.45, 2.75) is 19.3 Å². The number of nitrogens with zero attached hydrogens (tertiary/aromatic N) is 7. The van der Waals surface area contributed by atoms with Crippen molar-refractivity contribution in [3.05, 3.63) is 36.1 Å². The van der Waals surface area contributed by atoms with Crippen LogP contribution in [0.1, 0.15) is 18.5 Å². The normalized spacial score (nSPS) is 14.7. The second-order valence-electron chi connectivity index (χ2n) is 6.61. The summed E-state index contributed by atoms with van der Waals surface area (Å²) in [6.07, 6.45) is 6.00. The molecule has 0 unspecified atom stereocenters. The zero-order chi connectivity index (χ0) is 20.2. The Hall–Kier alpha value is -3.41. The van der Waals surface area contributed by atoms with Gasteiger partial charge in [0.05, 0.1) is 12.1 Å². The Morgan fingerprint density at radius 3 is 2.72 bits per heavy atom. The standard InChI is InChI=1S/C17H19N9O2S/c18-13(27)5-12-7-29-17(23-12)24-16(28)11-1-3-25(4-2-11)14-6-15(21-9-20-14)26-10-19-8-22-26/h6-11H,1-5H2,(H2,18,27)(H,23,24,28). The smallest absolute Gasteiger partial charge is 0.229 e. The molecule has 0 bridgehead atoms. The van der Waals surface area contributed by atoms with Gasteiger partial charge in [-0.2, -0.15) is 5.10 Å². The average Bonchev–Trinajstić information content (AvgIpc) is 3.40. The van der Waals surface area contributed by atoms with Gasteiger partial charge in [0.1, 0.15) is 24.8 Å². The van der Waals surface area contributed by atoms with Crippen molar-refractivity contribution in [1.29, 1.82) is 0 Å². The molecule has 11 nitrogen and oxygen atoms in total. The Kier molecular flexibility index (Phi) is 5.42. The zero-order valence-corrected chi connectivity index (χ0v) is 16.2. The van der Waals surface area contributed by atoms with Gasteiger partial charge in [0, 0.05) is 30.5 Å². The SMILES string of the molecule is NC(=O)Cc1csc(NC(=O)C2CCN(c3cc(-n4cncn4)ncn3)CC2)n1. The Balaban J connectivity index is 1.33. The highest BCUT2D eigenvalue weighted by Crippen LogP contribution is 2.24. The summed E-state index contributed by atoms with van der Waals surface area (Å²) in [7, 11) is 0. The Morgan fingerprint density at radius 2 is 2.00 bits per heavy atom. The van der Waals surface area contributed by atoms with Crippen LogP contribution < -0.4 is 16.0 Å². The summed E-state index contributed by atoms with van der Waals surface area (Å²) >= 11 is 1.29. The first-order valence-electron chi connectivity index (χ1n) is 9.04. The van der Waals surface area contributed by atoms with E-state index in [4.69, 9.17) is 5.73 Å². The molecule has 0 spiro atoms. The van der Waals surface area contributed by atoms with Gasteiger partial charge in [-0.1, -0.05) is 0 Å². The van der Waals surface area contributed by atoms with Crippen LogP contribution in [0.4, 0.5) is 10.9 Å². The van der Waals surface area contributed by atoms with E-state index in [1.165, 1.54) is 24.0 Å². The molecule has 3 aromatic heterocycles. The van der Waals surface area contributed by atoms with Gasteiger partial charge in [-0.25, -0.2) is 24.6 Å². The van der Waals surface area contributed by atoms with Gasteiger partial charge in [0.15, 0.2) is 10.9 Å². The van der Waals surface area contributed by atoms with Crippen LogP contribution >= 0.6 is 11.3 Å². The van der Waals surface area contributed by atoms with Crippen LogP contribution in [-0.4, -0.2) is 54.6 Å². The van der Waals surface area contributed by atoms with Crippen molar-refractivity contribution < 1.29 is 9.59 Å². The van der Waals surface area contributed by atoms with E-state index in [0.29, 0.717) is 42.6 Å². The van der Waals surface area contributed by atoms with Crippen LogP contribution in [0.25, 0.3) is 5.82 Å². The quantitative estimate of drug-likeness (QED) is 0.590. The fraction of sp³-hybridized carbons (Fsp3) is 0.353. The van der Waals surface area contributed by atoms with Crippen molar-refractivity contribution in [2.24, 2.45) is 11.7 Å². The highest BCUT2D eigenvalue weighted by atomic mass is 32.1. The van der Waals surface area contributed by atoms with Crippen LogP contribution in [0, 0.1) is 5.92 Å². The minimum Gasteiger partial charge on any atom is -0.369 e. The molecule has 0 aliphatic carbocycles. The first-order chi connectivity index (χ1) is 14.1. The number of hydrogen-bond donors (Lipinski definition) is 2. The maximum absolute atomic E-state index is 12.6. The van der Waals surface area contributed by atoms with E-state index in [1.54, 1.807) is 16.4 Å². The van der Waals surface area contributed by atoms with E-state index in [1.807, 2.05) is 6.07 Å². The molecule has 0 aromatic carbocycles. The van der Waals surface area contributed by atoms with Crippen molar-refractivity contribution in [1.82, 2.24) is 29.7 Å². The van der Waals surface area contributed by atoms with Gasteiger partial charge in [-0.3, -0.25) is 9.59 Å². The van der Waals surface area contributed by atoms with Crippen molar-refractivity contribution in [3.63, 3.8) is 0 Å². The maximum atomic E-state index is 12.6. The number of piperidine rings is 1. The number of hydrogen-bond acceptors (Lipinski definition) is 9. The average molecular weight is 413 g/mol. The topological polar surface area (TPSA) is 145 Å². The largest absolute Gasteiger partial charge is 0.369 e. The third-order valence-corrected chi connectivity index (χ3v) is 5.43. The lowest BCUT2D eigenvalue weighted by atomic mass is 9.96. The molecule has 4 heterocycles. The molecular weight excluding hydrogens is 394 g/mol. The number of amides is 2. The zero-order valence-electron chi connectivity index (χ0n) is 15.4. The van der Waals surface area contributed by atoms with Gasteiger partial charge in [0.25, 0.3) is 0 Å². The number of anilines is 2. The summed E-state index contributed by atoms with van der Waals surface area (Å²) in [6, 6.07) is 1.85. The lowest BCUT2D eigenvalue weighted by Crippen LogP contribution is -2.38. The van der Waals surface area contributed by atoms with Gasteiger partial charge >= 0.3 is 0 Å². The molecule has 4 rings (SSSR count). The van der Waals surface area contributed by atoms with Crippen molar-refractivity contribution in [2.75, 3.05) is 23.3 Å². The number of nitrogens with two attached hydrogens (primary N) is 1. The molecule has 1 saturated heterocycles. The van der Waals surface area contributed by atoms with Crippen LogP contribution in [0.15, 0.2) is 30.4 Å². The lowest BCUT2D eigenvalue weighted by Gasteiger charge is -2.32. The third kappa shape index (κ3) is 4.54. The monoisotopic (exact) mass is 413 g/mol. The fourth-order valence-electron chi connectivity index (χ4n) is 3.16. The highest BCUT2D eigenvalue weighted by Gasteiger charge is 2.26.